The van der Waals surface area contributed by atoms with Crippen LogP contribution in [0.1, 0.15) is 72.1 Å². The molecule has 2 aromatic rings. The molecule has 2 aromatic heterocycles. The molecule has 6 heteroatoms. The molecule has 2 saturated carbocycles. The van der Waals surface area contributed by atoms with Crippen LogP contribution in [-0.2, 0) is 6.42 Å². The zero-order valence-electron chi connectivity index (χ0n) is 12.5. The van der Waals surface area contributed by atoms with Gasteiger partial charge < -0.3 is 4.42 Å². The van der Waals surface area contributed by atoms with Crippen LogP contribution in [-0.4, -0.2) is 20.9 Å². The van der Waals surface area contributed by atoms with Gasteiger partial charge in [-0.15, -0.1) is 0 Å². The molecule has 0 saturated heterocycles. The third kappa shape index (κ3) is 2.61. The summed E-state index contributed by atoms with van der Waals surface area (Å²) in [6, 6.07) is 2.04. The maximum absolute atomic E-state index is 12.4. The Morgan fingerprint density at radius 3 is 2.73 bits per heavy atom. The van der Waals surface area contributed by atoms with Crippen molar-refractivity contribution in [3.63, 3.8) is 0 Å². The Kier molecular flexibility index (Phi) is 3.17. The summed E-state index contributed by atoms with van der Waals surface area (Å²) in [7, 11) is 0. The van der Waals surface area contributed by atoms with E-state index >= 15 is 0 Å². The molecular weight excluding hydrogens is 280 g/mol. The molecule has 2 aliphatic rings. The third-order valence-corrected chi connectivity index (χ3v) is 4.15. The summed E-state index contributed by atoms with van der Waals surface area (Å²) < 4.78 is 5.27. The first kappa shape index (κ1) is 13.4. The lowest BCUT2D eigenvalue weighted by atomic mass is 10.2. The number of anilines is 1. The lowest BCUT2D eigenvalue weighted by molar-refractivity contribution is 0.0994. The quantitative estimate of drug-likeness (QED) is 0.917. The number of hydrogen-bond acceptors (Lipinski definition) is 5. The van der Waals surface area contributed by atoms with Crippen LogP contribution >= 0.6 is 0 Å². The maximum Gasteiger partial charge on any atom is 0.295 e. The number of carbonyl (C=O) groups excluding carboxylic acids is 1. The second-order valence-electron chi connectivity index (χ2n) is 6.03. The molecule has 2 aliphatic carbocycles. The van der Waals surface area contributed by atoms with Crippen molar-refractivity contribution >= 4 is 11.9 Å². The van der Waals surface area contributed by atoms with Gasteiger partial charge >= 0.3 is 0 Å². The van der Waals surface area contributed by atoms with E-state index in [0.717, 1.165) is 36.3 Å². The van der Waals surface area contributed by atoms with Crippen LogP contribution in [0.5, 0.6) is 0 Å². The molecule has 2 fully saturated rings. The first-order valence-electron chi connectivity index (χ1n) is 7.87. The Morgan fingerprint density at radius 1 is 1.27 bits per heavy atom. The van der Waals surface area contributed by atoms with E-state index in [9.17, 15) is 4.79 Å². The van der Waals surface area contributed by atoms with Gasteiger partial charge in [0.1, 0.15) is 0 Å². The molecule has 0 radical (unpaired) electrons. The second kappa shape index (κ2) is 5.19. The topological polar surface area (TPSA) is 80.9 Å². The molecule has 4 rings (SSSR count). The summed E-state index contributed by atoms with van der Waals surface area (Å²) in [5.74, 6) is 1.24. The molecule has 0 unspecified atom stereocenters. The van der Waals surface area contributed by atoms with Crippen LogP contribution in [0.2, 0.25) is 0 Å². The van der Waals surface area contributed by atoms with Crippen LogP contribution in [0, 0.1) is 0 Å². The van der Waals surface area contributed by atoms with E-state index in [2.05, 4.69) is 20.3 Å². The Balaban J connectivity index is 1.58. The van der Waals surface area contributed by atoms with Gasteiger partial charge in [-0.05, 0) is 38.2 Å². The molecule has 0 aromatic carbocycles. The molecule has 114 valence electrons. The number of rotatable bonds is 5. The Hall–Kier alpha value is -2.24. The van der Waals surface area contributed by atoms with Gasteiger partial charge in [0.2, 0.25) is 11.7 Å². The van der Waals surface area contributed by atoms with Gasteiger partial charge in [-0.3, -0.25) is 10.1 Å². The number of nitrogens with zero attached hydrogens (tertiary/aromatic N) is 3. The van der Waals surface area contributed by atoms with Crippen LogP contribution in [0.15, 0.2) is 16.9 Å². The number of aromatic nitrogens is 3. The molecule has 2 heterocycles. The summed E-state index contributed by atoms with van der Waals surface area (Å²) in [5, 5.41) is 2.77. The highest BCUT2D eigenvalue weighted by Crippen LogP contribution is 2.41. The standard InChI is InChI=1S/C16H18N4O2/c1-2-11-7-12(9-3-4-9)19-16(18-11)20-15(21)14-13(10-5-6-10)17-8-22-14/h7-10H,2-6H2,1H3,(H,18,19,20,21). The van der Waals surface area contributed by atoms with Gasteiger partial charge in [-0.1, -0.05) is 6.92 Å². The Bertz CT molecular complexity index is 717. The minimum atomic E-state index is -0.311. The van der Waals surface area contributed by atoms with Crippen molar-refractivity contribution in [3.8, 4) is 0 Å². The number of aryl methyl sites for hydroxylation is 1. The van der Waals surface area contributed by atoms with Crippen LogP contribution < -0.4 is 5.32 Å². The third-order valence-electron chi connectivity index (χ3n) is 4.15. The van der Waals surface area contributed by atoms with Crippen molar-refractivity contribution in [3.05, 3.63) is 35.3 Å². The van der Waals surface area contributed by atoms with Gasteiger partial charge in [-0.2, -0.15) is 0 Å². The predicted octanol–water partition coefficient (Wildman–Crippen LogP) is 3.03. The van der Waals surface area contributed by atoms with Crippen molar-refractivity contribution < 1.29 is 9.21 Å². The summed E-state index contributed by atoms with van der Waals surface area (Å²) in [4.78, 5) is 25.4. The minimum Gasteiger partial charge on any atom is -0.438 e. The highest BCUT2D eigenvalue weighted by atomic mass is 16.3. The molecule has 0 bridgehead atoms. The molecule has 0 aliphatic heterocycles. The zero-order chi connectivity index (χ0) is 15.1. The first-order chi connectivity index (χ1) is 10.7. The number of oxazole rings is 1. The number of carbonyl (C=O) groups is 1. The Labute approximate surface area is 128 Å². The van der Waals surface area contributed by atoms with E-state index in [1.54, 1.807) is 0 Å². The largest absolute Gasteiger partial charge is 0.438 e. The molecule has 22 heavy (non-hydrogen) atoms. The lowest BCUT2D eigenvalue weighted by Gasteiger charge is -2.07. The van der Waals surface area contributed by atoms with Crippen molar-refractivity contribution in [2.75, 3.05) is 5.32 Å². The molecular formula is C16H18N4O2. The van der Waals surface area contributed by atoms with Crippen molar-refractivity contribution in [1.29, 1.82) is 0 Å². The summed E-state index contributed by atoms with van der Waals surface area (Å²) >= 11 is 0. The predicted molar refractivity (Wildman–Crippen MR) is 79.8 cm³/mol. The first-order valence-corrected chi connectivity index (χ1v) is 7.87. The van der Waals surface area contributed by atoms with E-state index < -0.39 is 0 Å². The fourth-order valence-electron chi connectivity index (χ4n) is 2.57. The SMILES string of the molecule is CCc1cc(C2CC2)nc(NC(=O)c2ocnc2C2CC2)n1. The van der Waals surface area contributed by atoms with Crippen LogP contribution in [0.4, 0.5) is 5.95 Å². The summed E-state index contributed by atoms with van der Waals surface area (Å²) in [6.07, 6.45) is 6.63. The van der Waals surface area contributed by atoms with E-state index in [1.807, 2.05) is 13.0 Å². The molecule has 1 amide bonds. The highest BCUT2D eigenvalue weighted by Gasteiger charge is 2.32. The maximum atomic E-state index is 12.4. The smallest absolute Gasteiger partial charge is 0.295 e. The van der Waals surface area contributed by atoms with E-state index in [0.29, 0.717) is 23.5 Å². The lowest BCUT2D eigenvalue weighted by Crippen LogP contribution is -2.16. The molecule has 0 atom stereocenters. The van der Waals surface area contributed by atoms with E-state index in [-0.39, 0.29) is 5.91 Å². The van der Waals surface area contributed by atoms with E-state index in [1.165, 1.54) is 19.2 Å². The monoisotopic (exact) mass is 298 g/mol. The van der Waals surface area contributed by atoms with Crippen LogP contribution in [0.3, 0.4) is 0 Å². The van der Waals surface area contributed by atoms with Gasteiger partial charge in [0.15, 0.2) is 6.39 Å². The summed E-state index contributed by atoms with van der Waals surface area (Å²) in [6.45, 7) is 2.05. The van der Waals surface area contributed by atoms with E-state index in [4.69, 9.17) is 4.42 Å². The average molecular weight is 298 g/mol. The average Bonchev–Trinajstić information content (AvgIpc) is 3.45. The van der Waals surface area contributed by atoms with Crippen LogP contribution in [0.25, 0.3) is 0 Å². The molecule has 0 spiro atoms. The normalized spacial score (nSPS) is 17.5. The van der Waals surface area contributed by atoms with Gasteiger partial charge in [-0.25, -0.2) is 15.0 Å². The van der Waals surface area contributed by atoms with Crippen molar-refractivity contribution in [2.45, 2.75) is 50.9 Å². The number of amides is 1. The minimum absolute atomic E-state index is 0.293. The van der Waals surface area contributed by atoms with Gasteiger partial charge in [0, 0.05) is 23.2 Å². The molecule has 6 nitrogen and oxygen atoms in total. The molecule has 1 N–H and O–H groups in total. The fraction of sp³-hybridized carbons (Fsp3) is 0.500. The Morgan fingerprint density at radius 2 is 2.05 bits per heavy atom. The second-order valence-corrected chi connectivity index (χ2v) is 6.03. The summed E-state index contributed by atoms with van der Waals surface area (Å²) in [5.41, 5.74) is 2.74. The number of hydrogen-bond donors (Lipinski definition) is 1. The highest BCUT2D eigenvalue weighted by molar-refractivity contribution is 6.02. The fourth-order valence-corrected chi connectivity index (χ4v) is 2.57. The zero-order valence-corrected chi connectivity index (χ0v) is 12.5. The van der Waals surface area contributed by atoms with Crippen molar-refractivity contribution in [2.24, 2.45) is 0 Å². The number of nitrogens with one attached hydrogen (secondary N) is 1. The van der Waals surface area contributed by atoms with Crippen molar-refractivity contribution in [1.82, 2.24) is 15.0 Å². The van der Waals surface area contributed by atoms with Gasteiger partial charge in [0.05, 0.1) is 5.69 Å². The van der Waals surface area contributed by atoms with Gasteiger partial charge in [0.25, 0.3) is 5.91 Å².